The summed E-state index contributed by atoms with van der Waals surface area (Å²) >= 11 is 0. The van der Waals surface area contributed by atoms with Crippen molar-refractivity contribution < 1.29 is 0 Å². The van der Waals surface area contributed by atoms with Gasteiger partial charge >= 0.3 is 0 Å². The zero-order chi connectivity index (χ0) is 12.1. The van der Waals surface area contributed by atoms with E-state index >= 15 is 0 Å². The standard InChI is InChI=1S/C13H22N4/c1-17(9-11-5-2-3-6-11)10-12-7-4-8-15-13(12)16-14/h4,7-8,11H,2-3,5-6,9-10,14H2,1H3,(H,15,16). The smallest absolute Gasteiger partial charge is 0.144 e. The number of anilines is 1. The minimum atomic E-state index is 0.783. The lowest BCUT2D eigenvalue weighted by Gasteiger charge is -2.21. The van der Waals surface area contributed by atoms with Gasteiger partial charge in [0.1, 0.15) is 5.82 Å². The third-order valence-electron chi connectivity index (χ3n) is 3.51. The van der Waals surface area contributed by atoms with Gasteiger partial charge in [-0.3, -0.25) is 0 Å². The molecule has 1 saturated carbocycles. The largest absolute Gasteiger partial charge is 0.308 e. The van der Waals surface area contributed by atoms with Gasteiger partial charge in [0, 0.05) is 24.8 Å². The number of aromatic nitrogens is 1. The minimum absolute atomic E-state index is 0.783. The van der Waals surface area contributed by atoms with Gasteiger partial charge in [0.25, 0.3) is 0 Å². The van der Waals surface area contributed by atoms with Crippen molar-refractivity contribution in [1.82, 2.24) is 9.88 Å². The van der Waals surface area contributed by atoms with E-state index in [0.717, 1.165) is 23.8 Å². The zero-order valence-electron chi connectivity index (χ0n) is 10.5. The number of nitrogens with zero attached hydrogens (tertiary/aromatic N) is 2. The van der Waals surface area contributed by atoms with Crippen LogP contribution in [0, 0.1) is 5.92 Å². The van der Waals surface area contributed by atoms with Crippen LogP contribution in [-0.4, -0.2) is 23.5 Å². The average Bonchev–Trinajstić information content (AvgIpc) is 2.82. The average molecular weight is 234 g/mol. The predicted octanol–water partition coefficient (Wildman–Crippen LogP) is 1.99. The van der Waals surface area contributed by atoms with E-state index in [1.54, 1.807) is 6.20 Å². The minimum Gasteiger partial charge on any atom is -0.308 e. The number of rotatable bonds is 5. The summed E-state index contributed by atoms with van der Waals surface area (Å²) in [6, 6.07) is 4.03. The molecule has 0 atom stereocenters. The molecule has 0 saturated heterocycles. The summed E-state index contributed by atoms with van der Waals surface area (Å²) in [6.07, 6.45) is 7.34. The Hall–Kier alpha value is -1.13. The number of hydrogen-bond donors (Lipinski definition) is 2. The van der Waals surface area contributed by atoms with E-state index in [1.165, 1.54) is 32.2 Å². The molecule has 0 amide bonds. The van der Waals surface area contributed by atoms with Crippen molar-refractivity contribution in [1.29, 1.82) is 0 Å². The molecular formula is C13H22N4. The van der Waals surface area contributed by atoms with Gasteiger partial charge in [-0.15, -0.1) is 0 Å². The second-order valence-electron chi connectivity index (χ2n) is 5.00. The molecule has 0 unspecified atom stereocenters. The van der Waals surface area contributed by atoms with Gasteiger partial charge in [-0.05, 0) is 31.9 Å². The van der Waals surface area contributed by atoms with Crippen LogP contribution in [0.4, 0.5) is 5.82 Å². The van der Waals surface area contributed by atoms with Crippen LogP contribution in [0.3, 0.4) is 0 Å². The number of hydrazine groups is 1. The maximum atomic E-state index is 5.46. The molecular weight excluding hydrogens is 212 g/mol. The Morgan fingerprint density at radius 3 is 2.94 bits per heavy atom. The first-order chi connectivity index (χ1) is 8.29. The Morgan fingerprint density at radius 1 is 1.47 bits per heavy atom. The lowest BCUT2D eigenvalue weighted by Crippen LogP contribution is -2.25. The van der Waals surface area contributed by atoms with Crippen LogP contribution < -0.4 is 11.3 Å². The second kappa shape index (κ2) is 5.98. The Bertz CT molecular complexity index is 347. The Balaban J connectivity index is 1.90. The molecule has 94 valence electrons. The zero-order valence-corrected chi connectivity index (χ0v) is 10.5. The molecule has 1 aliphatic carbocycles. The summed E-state index contributed by atoms with van der Waals surface area (Å²) in [5, 5.41) is 0. The first kappa shape index (κ1) is 12.3. The lowest BCUT2D eigenvalue weighted by molar-refractivity contribution is 0.271. The number of nitrogens with one attached hydrogen (secondary N) is 1. The molecule has 1 aromatic rings. The van der Waals surface area contributed by atoms with Crippen molar-refractivity contribution in [3.05, 3.63) is 23.9 Å². The molecule has 17 heavy (non-hydrogen) atoms. The molecule has 4 nitrogen and oxygen atoms in total. The molecule has 0 radical (unpaired) electrons. The summed E-state index contributed by atoms with van der Waals surface area (Å²) in [4.78, 5) is 6.59. The van der Waals surface area contributed by atoms with E-state index in [9.17, 15) is 0 Å². The van der Waals surface area contributed by atoms with Crippen LogP contribution >= 0.6 is 0 Å². The van der Waals surface area contributed by atoms with Crippen LogP contribution in [-0.2, 0) is 6.54 Å². The van der Waals surface area contributed by atoms with E-state index in [0.29, 0.717) is 0 Å². The molecule has 1 fully saturated rings. The monoisotopic (exact) mass is 234 g/mol. The van der Waals surface area contributed by atoms with E-state index in [4.69, 9.17) is 5.84 Å². The van der Waals surface area contributed by atoms with Crippen molar-refractivity contribution in [3.8, 4) is 0 Å². The maximum Gasteiger partial charge on any atom is 0.144 e. The first-order valence-corrected chi connectivity index (χ1v) is 6.38. The normalized spacial score (nSPS) is 16.6. The SMILES string of the molecule is CN(Cc1cccnc1NN)CC1CCCC1. The van der Waals surface area contributed by atoms with Crippen LogP contribution in [0.15, 0.2) is 18.3 Å². The highest BCUT2D eigenvalue weighted by Gasteiger charge is 2.17. The first-order valence-electron chi connectivity index (χ1n) is 6.38. The topological polar surface area (TPSA) is 54.2 Å². The van der Waals surface area contributed by atoms with E-state index in [-0.39, 0.29) is 0 Å². The quantitative estimate of drug-likeness (QED) is 0.604. The third kappa shape index (κ3) is 3.41. The third-order valence-corrected chi connectivity index (χ3v) is 3.51. The summed E-state index contributed by atoms with van der Waals surface area (Å²) in [5.41, 5.74) is 3.82. The van der Waals surface area contributed by atoms with Gasteiger partial charge in [0.15, 0.2) is 0 Å². The predicted molar refractivity (Wildman–Crippen MR) is 70.3 cm³/mol. The molecule has 2 rings (SSSR count). The number of hydrogen-bond acceptors (Lipinski definition) is 4. The van der Waals surface area contributed by atoms with E-state index in [2.05, 4.69) is 28.4 Å². The van der Waals surface area contributed by atoms with E-state index < -0.39 is 0 Å². The van der Waals surface area contributed by atoms with Gasteiger partial charge in [-0.25, -0.2) is 10.8 Å². The van der Waals surface area contributed by atoms with Crippen molar-refractivity contribution in [2.45, 2.75) is 32.2 Å². The molecule has 1 aromatic heterocycles. The Kier molecular flexibility index (Phi) is 4.34. The second-order valence-corrected chi connectivity index (χ2v) is 5.00. The molecule has 0 aromatic carbocycles. The molecule has 1 heterocycles. The summed E-state index contributed by atoms with van der Waals surface area (Å²) in [6.45, 7) is 2.09. The van der Waals surface area contributed by atoms with Crippen LogP contribution in [0.5, 0.6) is 0 Å². The number of pyridine rings is 1. The summed E-state index contributed by atoms with van der Waals surface area (Å²) < 4.78 is 0. The fourth-order valence-corrected chi connectivity index (χ4v) is 2.69. The molecule has 1 aliphatic rings. The number of nitrogen functional groups attached to an aromatic ring is 1. The van der Waals surface area contributed by atoms with Crippen molar-refractivity contribution in [2.75, 3.05) is 19.0 Å². The van der Waals surface area contributed by atoms with Crippen molar-refractivity contribution in [2.24, 2.45) is 11.8 Å². The maximum absolute atomic E-state index is 5.46. The molecule has 3 N–H and O–H groups in total. The van der Waals surface area contributed by atoms with Gasteiger partial charge in [-0.2, -0.15) is 0 Å². The summed E-state index contributed by atoms with van der Waals surface area (Å²) in [7, 11) is 2.17. The highest BCUT2D eigenvalue weighted by molar-refractivity contribution is 5.42. The van der Waals surface area contributed by atoms with Gasteiger partial charge in [0.2, 0.25) is 0 Å². The molecule has 0 bridgehead atoms. The molecule has 0 aliphatic heterocycles. The highest BCUT2D eigenvalue weighted by atomic mass is 15.3. The van der Waals surface area contributed by atoms with Crippen LogP contribution in [0.1, 0.15) is 31.2 Å². The van der Waals surface area contributed by atoms with Crippen molar-refractivity contribution in [3.63, 3.8) is 0 Å². The number of nitrogens with two attached hydrogens (primary N) is 1. The van der Waals surface area contributed by atoms with Gasteiger partial charge in [0.05, 0.1) is 0 Å². The lowest BCUT2D eigenvalue weighted by atomic mass is 10.1. The van der Waals surface area contributed by atoms with Crippen molar-refractivity contribution >= 4 is 5.82 Å². The van der Waals surface area contributed by atoms with Crippen LogP contribution in [0.25, 0.3) is 0 Å². The Labute approximate surface area is 103 Å². The molecule has 0 spiro atoms. The summed E-state index contributed by atoms with van der Waals surface area (Å²) in [5.74, 6) is 7.12. The molecule has 4 heteroatoms. The Morgan fingerprint density at radius 2 is 2.24 bits per heavy atom. The van der Waals surface area contributed by atoms with Gasteiger partial charge < -0.3 is 10.3 Å². The fraction of sp³-hybridized carbons (Fsp3) is 0.615. The fourth-order valence-electron chi connectivity index (χ4n) is 2.69. The van der Waals surface area contributed by atoms with E-state index in [1.807, 2.05) is 6.07 Å². The van der Waals surface area contributed by atoms with Crippen LogP contribution in [0.2, 0.25) is 0 Å². The highest BCUT2D eigenvalue weighted by Crippen LogP contribution is 2.25. The van der Waals surface area contributed by atoms with Gasteiger partial charge in [-0.1, -0.05) is 18.9 Å².